The Morgan fingerprint density at radius 2 is 1.88 bits per heavy atom. The van der Waals surface area contributed by atoms with Crippen LogP contribution in [-0.4, -0.2) is 42.2 Å². The predicted molar refractivity (Wildman–Crippen MR) is 106 cm³/mol. The lowest BCUT2D eigenvalue weighted by molar-refractivity contribution is -0.133. The molecule has 1 unspecified atom stereocenters. The molecule has 0 aliphatic rings. The molecule has 0 aliphatic carbocycles. The number of benzene rings is 2. The summed E-state index contributed by atoms with van der Waals surface area (Å²) >= 11 is 1.49. The number of hydrogen-bond donors (Lipinski definition) is 1. The first-order valence-corrected chi connectivity index (χ1v) is 9.35. The van der Waals surface area contributed by atoms with Crippen molar-refractivity contribution in [2.24, 2.45) is 0 Å². The molecular formula is C20H24N2O3S. The molecule has 1 atom stereocenters. The van der Waals surface area contributed by atoms with E-state index in [4.69, 9.17) is 4.74 Å². The second-order valence-electron chi connectivity index (χ2n) is 5.71. The normalized spacial score (nSPS) is 11.5. The second kappa shape index (κ2) is 9.87. The van der Waals surface area contributed by atoms with Crippen LogP contribution in [0.15, 0.2) is 59.5 Å². The molecule has 0 fully saturated rings. The van der Waals surface area contributed by atoms with E-state index in [9.17, 15) is 9.59 Å². The maximum absolute atomic E-state index is 12.7. The van der Waals surface area contributed by atoms with Crippen molar-refractivity contribution in [3.05, 3.63) is 54.6 Å². The summed E-state index contributed by atoms with van der Waals surface area (Å²) in [5.41, 5.74) is 0.643. The number of amides is 2. The van der Waals surface area contributed by atoms with E-state index in [2.05, 4.69) is 5.32 Å². The highest BCUT2D eigenvalue weighted by Crippen LogP contribution is 2.24. The SMILES string of the molecule is CCN(CC(=O)Nc1cccc(OC)c1)C(=O)C(C)Sc1ccccc1. The molecule has 1 N–H and O–H groups in total. The molecular weight excluding hydrogens is 348 g/mol. The molecule has 0 aromatic heterocycles. The van der Waals surface area contributed by atoms with Crippen LogP contribution >= 0.6 is 11.8 Å². The first-order valence-electron chi connectivity index (χ1n) is 8.48. The summed E-state index contributed by atoms with van der Waals surface area (Å²) in [5.74, 6) is 0.381. The quantitative estimate of drug-likeness (QED) is 0.719. The lowest BCUT2D eigenvalue weighted by atomic mass is 10.3. The largest absolute Gasteiger partial charge is 0.497 e. The van der Waals surface area contributed by atoms with Gasteiger partial charge in [0.25, 0.3) is 0 Å². The zero-order chi connectivity index (χ0) is 18.9. The number of hydrogen-bond acceptors (Lipinski definition) is 4. The molecule has 2 rings (SSSR count). The third-order valence-corrected chi connectivity index (χ3v) is 4.88. The fourth-order valence-corrected chi connectivity index (χ4v) is 3.40. The zero-order valence-electron chi connectivity index (χ0n) is 15.3. The average Bonchev–Trinajstić information content (AvgIpc) is 2.66. The first kappa shape index (κ1) is 19.8. The number of nitrogens with zero attached hydrogens (tertiary/aromatic N) is 1. The molecule has 6 heteroatoms. The van der Waals surface area contributed by atoms with Crippen molar-refractivity contribution in [2.45, 2.75) is 24.0 Å². The number of likely N-dealkylation sites (N-methyl/N-ethyl adjacent to an activating group) is 1. The van der Waals surface area contributed by atoms with Crippen LogP contribution < -0.4 is 10.1 Å². The Hall–Kier alpha value is -2.47. The monoisotopic (exact) mass is 372 g/mol. The standard InChI is InChI=1S/C20H24N2O3S/c1-4-22(20(24)15(2)26-18-11-6-5-7-12-18)14-19(23)21-16-9-8-10-17(13-16)25-3/h5-13,15H,4,14H2,1-3H3,(H,21,23). The van der Waals surface area contributed by atoms with Crippen molar-refractivity contribution < 1.29 is 14.3 Å². The van der Waals surface area contributed by atoms with Crippen molar-refractivity contribution in [1.29, 1.82) is 0 Å². The summed E-state index contributed by atoms with van der Waals surface area (Å²) in [6.07, 6.45) is 0. The van der Waals surface area contributed by atoms with Crippen LogP contribution in [0.2, 0.25) is 0 Å². The van der Waals surface area contributed by atoms with E-state index in [1.807, 2.05) is 44.2 Å². The van der Waals surface area contributed by atoms with Crippen molar-refractivity contribution >= 4 is 29.3 Å². The highest BCUT2D eigenvalue weighted by Gasteiger charge is 2.22. The molecule has 0 aliphatic heterocycles. The summed E-state index contributed by atoms with van der Waals surface area (Å²) in [7, 11) is 1.57. The Morgan fingerprint density at radius 1 is 1.15 bits per heavy atom. The number of thioether (sulfide) groups is 1. The Balaban J connectivity index is 1.94. The van der Waals surface area contributed by atoms with Crippen LogP contribution in [0.1, 0.15) is 13.8 Å². The van der Waals surface area contributed by atoms with Gasteiger partial charge in [-0.3, -0.25) is 9.59 Å². The number of anilines is 1. The molecule has 0 heterocycles. The molecule has 5 nitrogen and oxygen atoms in total. The third-order valence-electron chi connectivity index (χ3n) is 3.79. The van der Waals surface area contributed by atoms with Crippen LogP contribution in [0.5, 0.6) is 5.75 Å². The Labute approximate surface area is 158 Å². The van der Waals surface area contributed by atoms with Gasteiger partial charge in [0, 0.05) is 23.2 Å². The Kier molecular flexibility index (Phi) is 7.53. The topological polar surface area (TPSA) is 58.6 Å². The van der Waals surface area contributed by atoms with E-state index in [1.54, 1.807) is 36.3 Å². The minimum Gasteiger partial charge on any atom is -0.497 e. The van der Waals surface area contributed by atoms with Crippen molar-refractivity contribution in [1.82, 2.24) is 4.90 Å². The number of methoxy groups -OCH3 is 1. The lowest BCUT2D eigenvalue weighted by Crippen LogP contribution is -2.41. The Bertz CT molecular complexity index is 737. The van der Waals surface area contributed by atoms with E-state index in [0.29, 0.717) is 18.0 Å². The lowest BCUT2D eigenvalue weighted by Gasteiger charge is -2.23. The van der Waals surface area contributed by atoms with Crippen LogP contribution in [0, 0.1) is 0 Å². The third kappa shape index (κ3) is 5.81. The van der Waals surface area contributed by atoms with Gasteiger partial charge in [-0.1, -0.05) is 24.3 Å². The summed E-state index contributed by atoms with van der Waals surface area (Å²) in [4.78, 5) is 27.6. The van der Waals surface area contributed by atoms with Gasteiger partial charge in [0.2, 0.25) is 11.8 Å². The minimum absolute atomic E-state index is 0.0201. The highest BCUT2D eigenvalue weighted by molar-refractivity contribution is 8.00. The molecule has 0 saturated heterocycles. The molecule has 138 valence electrons. The van der Waals surface area contributed by atoms with Crippen LogP contribution in [0.3, 0.4) is 0 Å². The highest BCUT2D eigenvalue weighted by atomic mass is 32.2. The molecule has 26 heavy (non-hydrogen) atoms. The van der Waals surface area contributed by atoms with E-state index < -0.39 is 0 Å². The summed E-state index contributed by atoms with van der Waals surface area (Å²) in [5, 5.41) is 2.54. The zero-order valence-corrected chi connectivity index (χ0v) is 16.1. The predicted octanol–water partition coefficient (Wildman–Crippen LogP) is 3.66. The van der Waals surface area contributed by atoms with Gasteiger partial charge in [-0.25, -0.2) is 0 Å². The van der Waals surface area contributed by atoms with Gasteiger partial charge in [-0.15, -0.1) is 11.8 Å². The van der Waals surface area contributed by atoms with Gasteiger partial charge in [-0.05, 0) is 38.1 Å². The summed E-state index contributed by atoms with van der Waals surface area (Å²) < 4.78 is 5.15. The van der Waals surface area contributed by atoms with Gasteiger partial charge >= 0.3 is 0 Å². The van der Waals surface area contributed by atoms with E-state index in [1.165, 1.54) is 11.8 Å². The van der Waals surface area contributed by atoms with E-state index in [0.717, 1.165) is 4.90 Å². The second-order valence-corrected chi connectivity index (χ2v) is 7.12. The maximum Gasteiger partial charge on any atom is 0.243 e. The average molecular weight is 372 g/mol. The van der Waals surface area contributed by atoms with Gasteiger partial charge in [-0.2, -0.15) is 0 Å². The summed E-state index contributed by atoms with van der Waals surface area (Å²) in [6, 6.07) is 16.9. The smallest absolute Gasteiger partial charge is 0.243 e. The summed E-state index contributed by atoms with van der Waals surface area (Å²) in [6.45, 7) is 4.23. The van der Waals surface area contributed by atoms with Crippen molar-refractivity contribution in [3.8, 4) is 5.75 Å². The number of ether oxygens (including phenoxy) is 1. The number of carbonyl (C=O) groups excluding carboxylic acids is 2. The van der Waals surface area contributed by atoms with Crippen LogP contribution in [0.25, 0.3) is 0 Å². The molecule has 0 saturated carbocycles. The van der Waals surface area contributed by atoms with E-state index >= 15 is 0 Å². The van der Waals surface area contributed by atoms with Crippen LogP contribution in [0.4, 0.5) is 5.69 Å². The maximum atomic E-state index is 12.7. The number of rotatable bonds is 8. The molecule has 0 spiro atoms. The van der Waals surface area contributed by atoms with Crippen molar-refractivity contribution in [3.63, 3.8) is 0 Å². The fraction of sp³-hybridized carbons (Fsp3) is 0.300. The molecule has 2 amide bonds. The molecule has 2 aromatic rings. The van der Waals surface area contributed by atoms with Crippen molar-refractivity contribution in [2.75, 3.05) is 25.5 Å². The van der Waals surface area contributed by atoms with Crippen LogP contribution in [-0.2, 0) is 9.59 Å². The van der Waals surface area contributed by atoms with Gasteiger partial charge in [0.05, 0.1) is 18.9 Å². The van der Waals surface area contributed by atoms with E-state index in [-0.39, 0.29) is 23.6 Å². The first-order chi connectivity index (χ1) is 12.5. The Morgan fingerprint density at radius 3 is 2.54 bits per heavy atom. The minimum atomic E-state index is -0.262. The molecule has 0 radical (unpaired) electrons. The number of nitrogens with one attached hydrogen (secondary N) is 1. The van der Waals surface area contributed by atoms with Gasteiger partial charge < -0.3 is 15.0 Å². The fourth-order valence-electron chi connectivity index (χ4n) is 2.43. The molecule has 2 aromatic carbocycles. The van der Waals surface area contributed by atoms with Gasteiger partial charge in [0.1, 0.15) is 5.75 Å². The molecule has 0 bridgehead atoms. The number of carbonyl (C=O) groups is 2. The van der Waals surface area contributed by atoms with Gasteiger partial charge in [0.15, 0.2) is 0 Å².